The molecule has 0 spiro atoms. The predicted octanol–water partition coefficient (Wildman–Crippen LogP) is 6.07. The molecule has 0 fully saturated rings. The van der Waals surface area contributed by atoms with Gasteiger partial charge in [0.25, 0.3) is 0 Å². The zero-order valence-corrected chi connectivity index (χ0v) is 15.4. The summed E-state index contributed by atoms with van der Waals surface area (Å²) in [6.07, 6.45) is 0. The van der Waals surface area contributed by atoms with Crippen LogP contribution in [0.2, 0.25) is 0 Å². The van der Waals surface area contributed by atoms with E-state index < -0.39 is 0 Å². The van der Waals surface area contributed by atoms with Crippen LogP contribution in [0.5, 0.6) is 5.75 Å². The molecule has 0 radical (unpaired) electrons. The number of thiophene rings is 1. The van der Waals surface area contributed by atoms with E-state index in [2.05, 4.69) is 72.9 Å². The van der Waals surface area contributed by atoms with E-state index in [-0.39, 0.29) is 4.83 Å². The zero-order valence-electron chi connectivity index (χ0n) is 9.84. The molecule has 0 amide bonds. The Morgan fingerprint density at radius 1 is 1.22 bits per heavy atom. The highest BCUT2D eigenvalue weighted by Crippen LogP contribution is 2.40. The van der Waals surface area contributed by atoms with Crippen molar-refractivity contribution in [1.82, 2.24) is 0 Å². The Bertz CT molecular complexity index is 565. The van der Waals surface area contributed by atoms with E-state index in [0.717, 1.165) is 14.0 Å². The molecule has 0 N–H and O–H groups in total. The highest BCUT2D eigenvalue weighted by atomic mass is 79.9. The van der Waals surface area contributed by atoms with Crippen LogP contribution < -0.4 is 4.74 Å². The highest BCUT2D eigenvalue weighted by molar-refractivity contribution is 9.11. The summed E-state index contributed by atoms with van der Waals surface area (Å²) in [7, 11) is 1.67. The van der Waals surface area contributed by atoms with Gasteiger partial charge in [-0.2, -0.15) is 0 Å². The van der Waals surface area contributed by atoms with Crippen LogP contribution in [0.3, 0.4) is 0 Å². The summed E-state index contributed by atoms with van der Waals surface area (Å²) in [6.45, 7) is 2.14. The molecular formula is C13H11Br3OS. The average molecular weight is 455 g/mol. The standard InChI is InChI=1S/C13H11Br3OS/c1-7-9(6-12(15)18-7)13(16)8-3-4-11(17-2)10(14)5-8/h3-6,13H,1-2H3. The van der Waals surface area contributed by atoms with Gasteiger partial charge in [0.2, 0.25) is 0 Å². The van der Waals surface area contributed by atoms with Crippen molar-refractivity contribution in [2.24, 2.45) is 0 Å². The van der Waals surface area contributed by atoms with E-state index >= 15 is 0 Å². The number of rotatable bonds is 3. The number of aryl methyl sites for hydroxylation is 1. The number of halogens is 3. The van der Waals surface area contributed by atoms with Gasteiger partial charge in [-0.3, -0.25) is 0 Å². The van der Waals surface area contributed by atoms with Crippen LogP contribution in [0.15, 0.2) is 32.5 Å². The number of hydrogen-bond acceptors (Lipinski definition) is 2. The Morgan fingerprint density at radius 3 is 2.44 bits per heavy atom. The molecule has 5 heteroatoms. The molecule has 0 aliphatic rings. The molecule has 1 unspecified atom stereocenters. The Balaban J connectivity index is 2.37. The van der Waals surface area contributed by atoms with E-state index in [1.165, 1.54) is 16.0 Å². The lowest BCUT2D eigenvalue weighted by Crippen LogP contribution is -1.94. The van der Waals surface area contributed by atoms with Gasteiger partial charge in [-0.25, -0.2) is 0 Å². The minimum atomic E-state index is 0.197. The molecule has 1 aromatic carbocycles. The maximum Gasteiger partial charge on any atom is 0.133 e. The molecule has 1 nitrogen and oxygen atoms in total. The monoisotopic (exact) mass is 452 g/mol. The topological polar surface area (TPSA) is 9.23 Å². The number of methoxy groups -OCH3 is 1. The molecule has 1 atom stereocenters. The smallest absolute Gasteiger partial charge is 0.133 e. The minimum Gasteiger partial charge on any atom is -0.496 e. The first kappa shape index (κ1) is 14.6. The van der Waals surface area contributed by atoms with Crippen LogP contribution in [0, 0.1) is 6.92 Å². The van der Waals surface area contributed by atoms with Crippen molar-refractivity contribution < 1.29 is 4.74 Å². The second-order valence-corrected chi connectivity index (χ2v) is 8.22. The molecule has 96 valence electrons. The third-order valence-electron chi connectivity index (χ3n) is 2.67. The molecular weight excluding hydrogens is 444 g/mol. The van der Waals surface area contributed by atoms with E-state index in [0.29, 0.717) is 0 Å². The zero-order chi connectivity index (χ0) is 13.3. The second kappa shape index (κ2) is 6.07. The SMILES string of the molecule is COc1ccc(C(Br)c2cc(Br)sc2C)cc1Br. The first-order chi connectivity index (χ1) is 8.52. The Morgan fingerprint density at radius 2 is 1.94 bits per heavy atom. The highest BCUT2D eigenvalue weighted by Gasteiger charge is 2.16. The molecule has 0 saturated heterocycles. The van der Waals surface area contributed by atoms with Gasteiger partial charge >= 0.3 is 0 Å². The molecule has 2 aromatic rings. The van der Waals surface area contributed by atoms with Crippen molar-refractivity contribution in [3.63, 3.8) is 0 Å². The normalized spacial score (nSPS) is 12.5. The van der Waals surface area contributed by atoms with Crippen molar-refractivity contribution in [2.45, 2.75) is 11.8 Å². The summed E-state index contributed by atoms with van der Waals surface area (Å²) in [5.41, 5.74) is 2.50. The summed E-state index contributed by atoms with van der Waals surface area (Å²) in [5.74, 6) is 0.849. The largest absolute Gasteiger partial charge is 0.496 e. The molecule has 0 aliphatic heterocycles. The van der Waals surface area contributed by atoms with Crippen molar-refractivity contribution in [2.75, 3.05) is 7.11 Å². The molecule has 0 aliphatic carbocycles. The number of benzene rings is 1. The van der Waals surface area contributed by atoms with Gasteiger partial charge in [-0.15, -0.1) is 11.3 Å². The third-order valence-corrected chi connectivity index (χ3v) is 5.88. The first-order valence-corrected chi connectivity index (χ1v) is 8.58. The second-order valence-electron chi connectivity index (χ2n) is 3.82. The Hall–Kier alpha value is 0.160. The number of hydrogen-bond donors (Lipinski definition) is 0. The summed E-state index contributed by atoms with van der Waals surface area (Å²) >= 11 is 12.6. The molecule has 1 heterocycles. The van der Waals surface area contributed by atoms with Gasteiger partial charge in [0, 0.05) is 4.88 Å². The van der Waals surface area contributed by atoms with Gasteiger partial charge in [0.15, 0.2) is 0 Å². The lowest BCUT2D eigenvalue weighted by molar-refractivity contribution is 0.412. The fourth-order valence-corrected chi connectivity index (χ4v) is 4.95. The van der Waals surface area contributed by atoms with Crippen LogP contribution in [0.1, 0.15) is 20.8 Å². The van der Waals surface area contributed by atoms with Crippen molar-refractivity contribution in [3.05, 3.63) is 48.5 Å². The van der Waals surface area contributed by atoms with Crippen molar-refractivity contribution in [3.8, 4) is 5.75 Å². The van der Waals surface area contributed by atoms with E-state index in [9.17, 15) is 0 Å². The number of ether oxygens (including phenoxy) is 1. The lowest BCUT2D eigenvalue weighted by atomic mass is 10.1. The van der Waals surface area contributed by atoms with Crippen molar-refractivity contribution in [1.29, 1.82) is 0 Å². The lowest BCUT2D eigenvalue weighted by Gasteiger charge is -2.12. The summed E-state index contributed by atoms with van der Waals surface area (Å²) < 4.78 is 7.38. The van der Waals surface area contributed by atoms with Crippen LogP contribution >= 0.6 is 59.1 Å². The van der Waals surface area contributed by atoms with Crippen LogP contribution in [-0.2, 0) is 0 Å². The van der Waals surface area contributed by atoms with Gasteiger partial charge in [-0.1, -0.05) is 22.0 Å². The Kier molecular flexibility index (Phi) is 4.92. The summed E-state index contributed by atoms with van der Waals surface area (Å²) in [6, 6.07) is 8.30. The Labute approximate surface area is 136 Å². The molecule has 0 saturated carbocycles. The number of alkyl halides is 1. The van der Waals surface area contributed by atoms with Crippen LogP contribution in [0.4, 0.5) is 0 Å². The summed E-state index contributed by atoms with van der Waals surface area (Å²) in [5, 5.41) is 0. The van der Waals surface area contributed by atoms with E-state index in [1.807, 2.05) is 6.07 Å². The van der Waals surface area contributed by atoms with Gasteiger partial charge in [0.1, 0.15) is 5.75 Å². The first-order valence-electron chi connectivity index (χ1n) is 5.26. The maximum absolute atomic E-state index is 5.25. The predicted molar refractivity (Wildman–Crippen MR) is 88.2 cm³/mol. The van der Waals surface area contributed by atoms with Crippen LogP contribution in [0.25, 0.3) is 0 Å². The van der Waals surface area contributed by atoms with Gasteiger partial charge < -0.3 is 4.74 Å². The van der Waals surface area contributed by atoms with E-state index in [1.54, 1.807) is 18.4 Å². The fraction of sp³-hybridized carbons (Fsp3) is 0.231. The molecule has 0 bridgehead atoms. The quantitative estimate of drug-likeness (QED) is 0.511. The van der Waals surface area contributed by atoms with Crippen molar-refractivity contribution >= 4 is 59.1 Å². The third kappa shape index (κ3) is 3.00. The average Bonchev–Trinajstić information content (AvgIpc) is 2.67. The molecule has 1 aromatic heterocycles. The van der Waals surface area contributed by atoms with Gasteiger partial charge in [-0.05, 0) is 68.1 Å². The summed E-state index contributed by atoms with van der Waals surface area (Å²) in [4.78, 5) is 1.51. The maximum atomic E-state index is 5.25. The van der Waals surface area contributed by atoms with Crippen LogP contribution in [-0.4, -0.2) is 7.11 Å². The molecule has 2 rings (SSSR count). The minimum absolute atomic E-state index is 0.197. The fourth-order valence-electron chi connectivity index (χ4n) is 1.73. The molecule has 18 heavy (non-hydrogen) atoms. The van der Waals surface area contributed by atoms with E-state index in [4.69, 9.17) is 4.74 Å². The van der Waals surface area contributed by atoms with Gasteiger partial charge in [0.05, 0.1) is 20.2 Å².